The lowest BCUT2D eigenvalue weighted by Crippen LogP contribution is -2.41. The molecule has 1 aliphatic heterocycles. The van der Waals surface area contributed by atoms with Crippen molar-refractivity contribution in [2.75, 3.05) is 13.2 Å². The third kappa shape index (κ3) is 1.13. The Kier molecular flexibility index (Phi) is 1.75. The monoisotopic (exact) mass is 191 g/mol. The molecule has 0 amide bonds. The molecule has 0 spiro atoms. The summed E-state index contributed by atoms with van der Waals surface area (Å²) in [5.74, 6) is 0.332. The molecule has 3 rings (SSSR count). The van der Waals surface area contributed by atoms with Gasteiger partial charge in [-0.1, -0.05) is 6.07 Å². The number of phenolic OH excluding ortho intramolecular Hbond substituents is 1. The standard InChI is InChI=1S/C11H13NO2/c13-8-2-1-7-5-10-11(9(7)6-8)14-4-3-12-10/h1-2,6,10-13H,3-5H2. The number of hydrogen-bond acceptors (Lipinski definition) is 3. The molecule has 74 valence electrons. The summed E-state index contributed by atoms with van der Waals surface area (Å²) >= 11 is 0. The van der Waals surface area contributed by atoms with E-state index in [1.54, 1.807) is 6.07 Å². The highest BCUT2D eigenvalue weighted by Crippen LogP contribution is 2.37. The van der Waals surface area contributed by atoms with Crippen molar-refractivity contribution in [3.05, 3.63) is 29.3 Å². The molecule has 0 radical (unpaired) electrons. The Morgan fingerprint density at radius 1 is 1.43 bits per heavy atom. The van der Waals surface area contributed by atoms with Gasteiger partial charge in [-0.15, -0.1) is 0 Å². The number of phenols is 1. The van der Waals surface area contributed by atoms with Crippen LogP contribution in [-0.4, -0.2) is 24.3 Å². The molecule has 2 aliphatic rings. The van der Waals surface area contributed by atoms with E-state index in [9.17, 15) is 5.11 Å². The highest BCUT2D eigenvalue weighted by Gasteiger charge is 2.35. The van der Waals surface area contributed by atoms with Crippen molar-refractivity contribution in [1.82, 2.24) is 5.32 Å². The van der Waals surface area contributed by atoms with Crippen LogP contribution in [0.4, 0.5) is 0 Å². The van der Waals surface area contributed by atoms with Gasteiger partial charge >= 0.3 is 0 Å². The minimum atomic E-state index is 0.144. The van der Waals surface area contributed by atoms with Gasteiger partial charge in [-0.25, -0.2) is 0 Å². The Morgan fingerprint density at radius 3 is 3.29 bits per heavy atom. The van der Waals surface area contributed by atoms with Gasteiger partial charge in [0.1, 0.15) is 5.75 Å². The Hall–Kier alpha value is -1.06. The van der Waals surface area contributed by atoms with E-state index in [1.807, 2.05) is 12.1 Å². The molecule has 0 saturated carbocycles. The average molecular weight is 191 g/mol. The summed E-state index contributed by atoms with van der Waals surface area (Å²) in [7, 11) is 0. The highest BCUT2D eigenvalue weighted by molar-refractivity contribution is 5.41. The largest absolute Gasteiger partial charge is 0.508 e. The van der Waals surface area contributed by atoms with E-state index in [2.05, 4.69) is 5.32 Å². The second kappa shape index (κ2) is 2.97. The molecule has 1 aromatic rings. The normalized spacial score (nSPS) is 29.7. The molecule has 14 heavy (non-hydrogen) atoms. The van der Waals surface area contributed by atoms with E-state index in [4.69, 9.17) is 4.74 Å². The second-order valence-electron chi connectivity index (χ2n) is 3.94. The van der Waals surface area contributed by atoms with E-state index in [0.29, 0.717) is 11.8 Å². The Bertz CT molecular complexity index is 364. The Morgan fingerprint density at radius 2 is 2.36 bits per heavy atom. The molecule has 1 heterocycles. The maximum Gasteiger partial charge on any atom is 0.115 e. The van der Waals surface area contributed by atoms with Gasteiger partial charge in [0.05, 0.1) is 12.7 Å². The number of hydrogen-bond donors (Lipinski definition) is 2. The van der Waals surface area contributed by atoms with Crippen LogP contribution in [0, 0.1) is 0 Å². The van der Waals surface area contributed by atoms with E-state index in [-0.39, 0.29) is 6.10 Å². The van der Waals surface area contributed by atoms with Crippen molar-refractivity contribution in [3.63, 3.8) is 0 Å². The SMILES string of the molecule is Oc1ccc2c(c1)C1OCCNC1C2. The van der Waals surface area contributed by atoms with Crippen LogP contribution in [0.15, 0.2) is 18.2 Å². The Labute approximate surface area is 82.7 Å². The topological polar surface area (TPSA) is 41.5 Å². The summed E-state index contributed by atoms with van der Waals surface area (Å²) in [4.78, 5) is 0. The van der Waals surface area contributed by atoms with Crippen molar-refractivity contribution in [2.45, 2.75) is 18.6 Å². The summed E-state index contributed by atoms with van der Waals surface area (Å²) in [6, 6.07) is 5.97. The van der Waals surface area contributed by atoms with E-state index >= 15 is 0 Å². The van der Waals surface area contributed by atoms with E-state index < -0.39 is 0 Å². The maximum atomic E-state index is 9.41. The molecule has 3 heteroatoms. The fraction of sp³-hybridized carbons (Fsp3) is 0.455. The van der Waals surface area contributed by atoms with Crippen molar-refractivity contribution < 1.29 is 9.84 Å². The second-order valence-corrected chi connectivity index (χ2v) is 3.94. The summed E-state index contributed by atoms with van der Waals surface area (Å²) in [5, 5.41) is 12.9. The lowest BCUT2D eigenvalue weighted by molar-refractivity contribution is 0.00350. The number of fused-ring (bicyclic) bond motifs is 3. The van der Waals surface area contributed by atoms with Gasteiger partial charge in [0, 0.05) is 12.6 Å². The quantitative estimate of drug-likeness (QED) is 0.642. The van der Waals surface area contributed by atoms with Gasteiger partial charge in [0.15, 0.2) is 0 Å². The molecule has 0 aromatic heterocycles. The molecule has 1 fully saturated rings. The molecule has 1 aromatic carbocycles. The van der Waals surface area contributed by atoms with Gasteiger partial charge in [0.2, 0.25) is 0 Å². The molecule has 3 nitrogen and oxygen atoms in total. The number of morpholine rings is 1. The zero-order chi connectivity index (χ0) is 9.54. The van der Waals surface area contributed by atoms with Gasteiger partial charge in [-0.05, 0) is 29.7 Å². The predicted octanol–water partition coefficient (Wildman–Crippen LogP) is 0.978. The van der Waals surface area contributed by atoms with Crippen LogP contribution < -0.4 is 5.32 Å². The molecule has 2 N–H and O–H groups in total. The number of ether oxygens (including phenoxy) is 1. The average Bonchev–Trinajstić information content (AvgIpc) is 2.56. The zero-order valence-corrected chi connectivity index (χ0v) is 7.86. The fourth-order valence-electron chi connectivity index (χ4n) is 2.41. The van der Waals surface area contributed by atoms with E-state index in [0.717, 1.165) is 25.1 Å². The summed E-state index contributed by atoms with van der Waals surface area (Å²) < 4.78 is 5.71. The van der Waals surface area contributed by atoms with Crippen LogP contribution in [0.3, 0.4) is 0 Å². The first-order chi connectivity index (χ1) is 6.84. The van der Waals surface area contributed by atoms with Gasteiger partial charge in [-0.3, -0.25) is 0 Å². The molecule has 0 bridgehead atoms. The van der Waals surface area contributed by atoms with Crippen LogP contribution in [0.2, 0.25) is 0 Å². The fourth-order valence-corrected chi connectivity index (χ4v) is 2.41. The van der Waals surface area contributed by atoms with E-state index in [1.165, 1.54) is 5.56 Å². The van der Waals surface area contributed by atoms with Gasteiger partial charge in [-0.2, -0.15) is 0 Å². The molecule has 2 unspecified atom stereocenters. The van der Waals surface area contributed by atoms with Crippen LogP contribution in [0.1, 0.15) is 17.2 Å². The summed E-state index contributed by atoms with van der Waals surface area (Å²) in [6.07, 6.45) is 1.16. The first-order valence-electron chi connectivity index (χ1n) is 5.01. The van der Waals surface area contributed by atoms with Crippen LogP contribution in [0.25, 0.3) is 0 Å². The zero-order valence-electron chi connectivity index (χ0n) is 7.86. The van der Waals surface area contributed by atoms with Crippen LogP contribution in [0.5, 0.6) is 5.75 Å². The first kappa shape index (κ1) is 8.26. The van der Waals surface area contributed by atoms with Crippen molar-refractivity contribution in [2.24, 2.45) is 0 Å². The molecule has 1 saturated heterocycles. The highest BCUT2D eigenvalue weighted by atomic mass is 16.5. The number of benzene rings is 1. The smallest absolute Gasteiger partial charge is 0.115 e. The Balaban J connectivity index is 2.02. The maximum absolute atomic E-state index is 9.41. The minimum Gasteiger partial charge on any atom is -0.508 e. The third-order valence-corrected chi connectivity index (χ3v) is 3.05. The van der Waals surface area contributed by atoms with Gasteiger partial charge in [0.25, 0.3) is 0 Å². The summed E-state index contributed by atoms with van der Waals surface area (Å²) in [6.45, 7) is 1.69. The molecular weight excluding hydrogens is 178 g/mol. The number of aromatic hydroxyl groups is 1. The third-order valence-electron chi connectivity index (χ3n) is 3.05. The van der Waals surface area contributed by atoms with Gasteiger partial charge < -0.3 is 15.2 Å². The lowest BCUT2D eigenvalue weighted by Gasteiger charge is -2.27. The van der Waals surface area contributed by atoms with Crippen LogP contribution in [-0.2, 0) is 11.2 Å². The lowest BCUT2D eigenvalue weighted by atomic mass is 10.1. The minimum absolute atomic E-state index is 0.144. The van der Waals surface area contributed by atoms with Crippen molar-refractivity contribution in [1.29, 1.82) is 0 Å². The van der Waals surface area contributed by atoms with Crippen LogP contribution >= 0.6 is 0 Å². The summed E-state index contributed by atoms with van der Waals surface area (Å²) in [5.41, 5.74) is 2.45. The number of rotatable bonds is 0. The molecule has 1 aliphatic carbocycles. The molecule has 2 atom stereocenters. The predicted molar refractivity (Wildman–Crippen MR) is 52.3 cm³/mol. The number of nitrogens with one attached hydrogen (secondary N) is 1. The molecular formula is C11H13NO2. The van der Waals surface area contributed by atoms with Crippen molar-refractivity contribution in [3.8, 4) is 5.75 Å². The van der Waals surface area contributed by atoms with Crippen molar-refractivity contribution >= 4 is 0 Å². The first-order valence-corrected chi connectivity index (χ1v) is 5.01.